The zero-order chi connectivity index (χ0) is 14.2. The third-order valence-electron chi connectivity index (χ3n) is 3.69. The number of aromatic hydroxyl groups is 1. The van der Waals surface area contributed by atoms with E-state index in [0.717, 1.165) is 12.8 Å². The molecular formula is C14H17FO4. The molecule has 5 heteroatoms. The van der Waals surface area contributed by atoms with Crippen molar-refractivity contribution in [2.45, 2.75) is 32.1 Å². The van der Waals surface area contributed by atoms with Gasteiger partial charge < -0.3 is 14.9 Å². The summed E-state index contributed by atoms with van der Waals surface area (Å²) in [7, 11) is 1.28. The van der Waals surface area contributed by atoms with Gasteiger partial charge in [-0.3, -0.25) is 4.79 Å². The normalized spacial score (nSPS) is 16.2. The Balaban J connectivity index is 2.45. The van der Waals surface area contributed by atoms with Crippen molar-refractivity contribution in [1.82, 2.24) is 0 Å². The molecule has 0 bridgehead atoms. The fourth-order valence-corrected chi connectivity index (χ4v) is 2.53. The van der Waals surface area contributed by atoms with Gasteiger partial charge in [-0.25, -0.2) is 4.39 Å². The first-order valence-electron chi connectivity index (χ1n) is 6.23. The molecule has 0 amide bonds. The first kappa shape index (κ1) is 13.6. The van der Waals surface area contributed by atoms with Gasteiger partial charge in [0.25, 0.3) is 0 Å². The average Bonchev–Trinajstić information content (AvgIpc) is 3.15. The molecule has 1 unspecified atom stereocenters. The summed E-state index contributed by atoms with van der Waals surface area (Å²) in [4.78, 5) is 10.9. The lowest BCUT2D eigenvalue weighted by atomic mass is 9.87. The summed E-state index contributed by atoms with van der Waals surface area (Å²) >= 11 is 0. The Bertz CT molecular complexity index is 509. The quantitative estimate of drug-likeness (QED) is 0.861. The van der Waals surface area contributed by atoms with Crippen molar-refractivity contribution < 1.29 is 24.1 Å². The molecule has 104 valence electrons. The molecule has 1 aliphatic carbocycles. The molecule has 0 saturated heterocycles. The molecule has 1 atom stereocenters. The van der Waals surface area contributed by atoms with Gasteiger partial charge in [-0.15, -0.1) is 0 Å². The van der Waals surface area contributed by atoms with Crippen LogP contribution in [-0.2, 0) is 4.79 Å². The Morgan fingerprint density at radius 3 is 2.68 bits per heavy atom. The topological polar surface area (TPSA) is 66.8 Å². The Kier molecular flexibility index (Phi) is 3.64. The fraction of sp³-hybridized carbons (Fsp3) is 0.500. The molecule has 1 aromatic rings. The van der Waals surface area contributed by atoms with Gasteiger partial charge in [0.2, 0.25) is 0 Å². The zero-order valence-corrected chi connectivity index (χ0v) is 10.9. The maximum absolute atomic E-state index is 13.8. The number of benzene rings is 1. The molecule has 0 heterocycles. The number of phenols is 1. The van der Waals surface area contributed by atoms with Gasteiger partial charge in [0.1, 0.15) is 0 Å². The third-order valence-corrected chi connectivity index (χ3v) is 3.69. The van der Waals surface area contributed by atoms with Crippen molar-refractivity contribution in [3.05, 3.63) is 23.0 Å². The van der Waals surface area contributed by atoms with E-state index in [4.69, 9.17) is 9.84 Å². The largest absolute Gasteiger partial charge is 0.504 e. The van der Waals surface area contributed by atoms with Gasteiger partial charge in [0.15, 0.2) is 17.3 Å². The van der Waals surface area contributed by atoms with Crippen LogP contribution in [0.25, 0.3) is 0 Å². The predicted octanol–water partition coefficient (Wildman–Crippen LogP) is 2.82. The smallest absolute Gasteiger partial charge is 0.303 e. The number of carboxylic acid groups (broad SMARTS) is 1. The molecule has 1 saturated carbocycles. The number of carbonyl (C=O) groups is 1. The average molecular weight is 268 g/mol. The van der Waals surface area contributed by atoms with Crippen LogP contribution in [0.2, 0.25) is 0 Å². The van der Waals surface area contributed by atoms with E-state index in [-0.39, 0.29) is 29.8 Å². The fourth-order valence-electron chi connectivity index (χ4n) is 2.53. The summed E-state index contributed by atoms with van der Waals surface area (Å²) in [6.45, 7) is 1.66. The molecule has 2 N–H and O–H groups in total. The number of halogens is 1. The maximum atomic E-state index is 13.8. The number of carboxylic acids is 1. The predicted molar refractivity (Wildman–Crippen MR) is 67.1 cm³/mol. The van der Waals surface area contributed by atoms with Crippen molar-refractivity contribution in [3.8, 4) is 11.5 Å². The molecule has 2 rings (SSSR count). The highest BCUT2D eigenvalue weighted by Gasteiger charge is 2.35. The van der Waals surface area contributed by atoms with E-state index in [1.165, 1.54) is 13.2 Å². The van der Waals surface area contributed by atoms with Gasteiger partial charge in [-0.05, 0) is 48.8 Å². The highest BCUT2D eigenvalue weighted by molar-refractivity contribution is 5.68. The second-order valence-corrected chi connectivity index (χ2v) is 5.00. The Hall–Kier alpha value is -1.78. The van der Waals surface area contributed by atoms with Crippen molar-refractivity contribution >= 4 is 5.97 Å². The minimum Gasteiger partial charge on any atom is -0.504 e. The van der Waals surface area contributed by atoms with Crippen LogP contribution in [0.15, 0.2) is 6.07 Å². The lowest BCUT2D eigenvalue weighted by Gasteiger charge is -2.19. The summed E-state index contributed by atoms with van der Waals surface area (Å²) in [5.74, 6) is -1.98. The van der Waals surface area contributed by atoms with E-state index >= 15 is 0 Å². The summed E-state index contributed by atoms with van der Waals surface area (Å²) in [6.07, 6.45) is 1.86. The first-order valence-corrected chi connectivity index (χ1v) is 6.23. The van der Waals surface area contributed by atoms with Crippen LogP contribution in [-0.4, -0.2) is 23.3 Å². The van der Waals surface area contributed by atoms with Crippen molar-refractivity contribution in [2.24, 2.45) is 5.92 Å². The highest BCUT2D eigenvalue weighted by atomic mass is 19.1. The van der Waals surface area contributed by atoms with E-state index < -0.39 is 11.8 Å². The minimum absolute atomic E-state index is 0.0449. The SMILES string of the molecule is COc1c(F)cc(C(CC(=O)O)C2CC2)c(C)c1O. The van der Waals surface area contributed by atoms with Crippen molar-refractivity contribution in [1.29, 1.82) is 0 Å². The monoisotopic (exact) mass is 268 g/mol. The van der Waals surface area contributed by atoms with Gasteiger partial charge in [0.05, 0.1) is 13.5 Å². The van der Waals surface area contributed by atoms with Gasteiger partial charge in [-0.1, -0.05) is 0 Å². The van der Waals surface area contributed by atoms with Crippen LogP contribution >= 0.6 is 0 Å². The van der Waals surface area contributed by atoms with Gasteiger partial charge >= 0.3 is 5.97 Å². The number of phenolic OH excluding ortho intramolecular Hbond substituents is 1. The third kappa shape index (κ3) is 2.64. The molecule has 1 fully saturated rings. The van der Waals surface area contributed by atoms with Crippen molar-refractivity contribution in [2.75, 3.05) is 7.11 Å². The number of hydrogen-bond acceptors (Lipinski definition) is 3. The van der Waals surface area contributed by atoms with Crippen LogP contribution < -0.4 is 4.74 Å². The molecule has 0 aromatic heterocycles. The van der Waals surface area contributed by atoms with Crippen LogP contribution in [0.3, 0.4) is 0 Å². The summed E-state index contributed by atoms with van der Waals surface area (Å²) in [6, 6.07) is 1.29. The Morgan fingerprint density at radius 2 is 2.21 bits per heavy atom. The molecular weight excluding hydrogens is 251 g/mol. The van der Waals surface area contributed by atoms with Gasteiger partial charge in [-0.2, -0.15) is 0 Å². The van der Waals surface area contributed by atoms with Crippen molar-refractivity contribution in [3.63, 3.8) is 0 Å². The van der Waals surface area contributed by atoms with E-state index in [0.29, 0.717) is 11.1 Å². The number of rotatable bonds is 5. The molecule has 0 aliphatic heterocycles. The molecule has 0 spiro atoms. The van der Waals surface area contributed by atoms with E-state index in [1.807, 2.05) is 0 Å². The molecule has 1 aromatic carbocycles. The summed E-state index contributed by atoms with van der Waals surface area (Å²) in [5.41, 5.74) is 1.07. The molecule has 0 radical (unpaired) electrons. The minimum atomic E-state index is -0.910. The van der Waals surface area contributed by atoms with E-state index in [1.54, 1.807) is 6.92 Å². The van der Waals surface area contributed by atoms with Gasteiger partial charge in [0, 0.05) is 0 Å². The summed E-state index contributed by atoms with van der Waals surface area (Å²) < 4.78 is 18.6. The number of methoxy groups -OCH3 is 1. The lowest BCUT2D eigenvalue weighted by molar-refractivity contribution is -0.137. The molecule has 19 heavy (non-hydrogen) atoms. The highest BCUT2D eigenvalue weighted by Crippen LogP contribution is 2.48. The second-order valence-electron chi connectivity index (χ2n) is 5.00. The van der Waals surface area contributed by atoms with Crippen LogP contribution in [0.1, 0.15) is 36.3 Å². The molecule has 4 nitrogen and oxygen atoms in total. The zero-order valence-electron chi connectivity index (χ0n) is 10.9. The number of ether oxygens (including phenoxy) is 1. The lowest BCUT2D eigenvalue weighted by Crippen LogP contribution is -2.10. The Labute approximate surface area is 110 Å². The number of hydrogen-bond donors (Lipinski definition) is 2. The summed E-state index contributed by atoms with van der Waals surface area (Å²) in [5, 5.41) is 18.9. The Morgan fingerprint density at radius 1 is 1.58 bits per heavy atom. The first-order chi connectivity index (χ1) is 8.95. The number of aliphatic carboxylic acids is 1. The van der Waals surface area contributed by atoms with E-state index in [2.05, 4.69) is 0 Å². The standard InChI is InChI=1S/C14H17FO4/c1-7-9(5-11(15)14(19-2)13(7)18)10(6-12(16)17)8-3-4-8/h5,8,10,18H,3-4,6H2,1-2H3,(H,16,17). The van der Waals surface area contributed by atoms with E-state index in [9.17, 15) is 14.3 Å². The van der Waals surface area contributed by atoms with Crippen LogP contribution in [0.4, 0.5) is 4.39 Å². The second kappa shape index (κ2) is 5.07. The van der Waals surface area contributed by atoms with Crippen LogP contribution in [0.5, 0.6) is 11.5 Å². The van der Waals surface area contributed by atoms with Crippen LogP contribution in [0, 0.1) is 18.7 Å². The maximum Gasteiger partial charge on any atom is 0.303 e. The molecule has 1 aliphatic rings.